The third-order valence-corrected chi connectivity index (χ3v) is 7.83. The number of ether oxygens (including phenoxy) is 1. The molecule has 29 heavy (non-hydrogen) atoms. The van der Waals surface area contributed by atoms with Crippen LogP contribution in [-0.4, -0.2) is 47.1 Å². The van der Waals surface area contributed by atoms with E-state index >= 15 is 0 Å². The highest BCUT2D eigenvalue weighted by molar-refractivity contribution is 5.83. The van der Waals surface area contributed by atoms with Crippen LogP contribution in [0.2, 0.25) is 0 Å². The van der Waals surface area contributed by atoms with Crippen molar-refractivity contribution >= 4 is 16.8 Å². The summed E-state index contributed by atoms with van der Waals surface area (Å²) in [5.41, 5.74) is 3.80. The van der Waals surface area contributed by atoms with Crippen LogP contribution in [0.5, 0.6) is 0 Å². The van der Waals surface area contributed by atoms with Crippen molar-refractivity contribution in [1.29, 1.82) is 0 Å². The largest absolute Gasteiger partial charge is 0.370 e. The van der Waals surface area contributed by atoms with E-state index in [1.165, 1.54) is 22.9 Å². The van der Waals surface area contributed by atoms with Crippen LogP contribution >= 0.6 is 0 Å². The molecule has 0 radical (unpaired) electrons. The number of aromatic nitrogens is 1. The van der Waals surface area contributed by atoms with Gasteiger partial charge in [-0.25, -0.2) is 0 Å². The number of nitrogens with zero attached hydrogens (tertiary/aromatic N) is 2. The van der Waals surface area contributed by atoms with Crippen LogP contribution in [0.4, 0.5) is 0 Å². The molecule has 4 aliphatic rings. The molecule has 3 aliphatic heterocycles. The quantitative estimate of drug-likeness (QED) is 0.851. The summed E-state index contributed by atoms with van der Waals surface area (Å²) >= 11 is 0. The number of nitrogens with one attached hydrogen (secondary N) is 1. The van der Waals surface area contributed by atoms with Gasteiger partial charge in [0.2, 0.25) is 5.91 Å². The summed E-state index contributed by atoms with van der Waals surface area (Å²) in [4.78, 5) is 19.3. The highest BCUT2D eigenvalue weighted by Gasteiger charge is 2.62. The Morgan fingerprint density at radius 3 is 3.07 bits per heavy atom. The van der Waals surface area contributed by atoms with Gasteiger partial charge in [0.25, 0.3) is 0 Å². The number of pyridine rings is 1. The third kappa shape index (κ3) is 2.89. The van der Waals surface area contributed by atoms with E-state index in [1.807, 2.05) is 12.3 Å². The van der Waals surface area contributed by atoms with E-state index in [2.05, 4.69) is 40.3 Å². The van der Waals surface area contributed by atoms with Gasteiger partial charge in [-0.2, -0.15) is 0 Å². The summed E-state index contributed by atoms with van der Waals surface area (Å²) in [5, 5.41) is 4.50. The van der Waals surface area contributed by atoms with Crippen molar-refractivity contribution in [1.82, 2.24) is 15.2 Å². The minimum absolute atomic E-state index is 0.0103. The maximum atomic E-state index is 12.2. The van der Waals surface area contributed by atoms with Gasteiger partial charge in [-0.3, -0.25) is 14.7 Å². The van der Waals surface area contributed by atoms with Gasteiger partial charge in [-0.05, 0) is 55.9 Å². The molecule has 3 saturated heterocycles. The second kappa shape index (κ2) is 6.51. The van der Waals surface area contributed by atoms with E-state index in [9.17, 15) is 4.79 Å². The van der Waals surface area contributed by atoms with Gasteiger partial charge < -0.3 is 10.1 Å². The van der Waals surface area contributed by atoms with E-state index in [4.69, 9.17) is 4.74 Å². The molecule has 152 valence electrons. The second-order valence-corrected chi connectivity index (χ2v) is 9.65. The lowest BCUT2D eigenvalue weighted by molar-refractivity contribution is -0.122. The van der Waals surface area contributed by atoms with Crippen molar-refractivity contribution in [3.8, 4) is 0 Å². The monoisotopic (exact) mass is 391 g/mol. The number of benzene rings is 1. The summed E-state index contributed by atoms with van der Waals surface area (Å²) in [6.45, 7) is 6.02. The molecule has 5 nitrogen and oxygen atoms in total. The number of amides is 1. The van der Waals surface area contributed by atoms with Crippen molar-refractivity contribution in [3.05, 3.63) is 41.6 Å². The Kier molecular flexibility index (Phi) is 4.01. The summed E-state index contributed by atoms with van der Waals surface area (Å²) in [6.07, 6.45) is 6.65. The lowest BCUT2D eigenvalue weighted by Crippen LogP contribution is -2.42. The van der Waals surface area contributed by atoms with Crippen LogP contribution in [0.1, 0.15) is 36.8 Å². The Bertz CT molecular complexity index is 972. The van der Waals surface area contributed by atoms with Gasteiger partial charge >= 0.3 is 0 Å². The zero-order valence-corrected chi connectivity index (χ0v) is 17.1. The molecule has 4 heterocycles. The lowest BCUT2D eigenvalue weighted by atomic mass is 9.73. The average molecular weight is 392 g/mol. The van der Waals surface area contributed by atoms with Crippen LogP contribution < -0.4 is 5.32 Å². The molecule has 1 aromatic heterocycles. The van der Waals surface area contributed by atoms with Crippen LogP contribution in [0.3, 0.4) is 0 Å². The molecule has 4 atom stereocenters. The highest BCUT2D eigenvalue weighted by Crippen LogP contribution is 2.55. The SMILES string of the molecule is Cc1ccc2ncccc2c1CN1C[C@@H]2[C@H](CNC(=O)C3CC3)[C@H]3CC[C@]2(C1)O3. The minimum Gasteiger partial charge on any atom is -0.370 e. The molecule has 2 aromatic rings. The maximum absolute atomic E-state index is 12.2. The Morgan fingerprint density at radius 2 is 2.21 bits per heavy atom. The van der Waals surface area contributed by atoms with Gasteiger partial charge in [0.05, 0.1) is 17.2 Å². The number of carbonyl (C=O) groups excluding carboxylic acids is 1. The first-order chi connectivity index (χ1) is 14.1. The topological polar surface area (TPSA) is 54.5 Å². The fourth-order valence-corrected chi connectivity index (χ4v) is 6.14. The number of likely N-dealkylation sites (tertiary alicyclic amines) is 1. The summed E-state index contributed by atoms with van der Waals surface area (Å²) in [7, 11) is 0. The highest BCUT2D eigenvalue weighted by atomic mass is 16.5. The molecule has 4 fully saturated rings. The Balaban J connectivity index is 1.21. The van der Waals surface area contributed by atoms with Crippen LogP contribution in [0.25, 0.3) is 10.9 Å². The van der Waals surface area contributed by atoms with E-state index in [0.29, 0.717) is 17.9 Å². The molecule has 1 aliphatic carbocycles. The molecule has 2 bridgehead atoms. The fourth-order valence-electron chi connectivity index (χ4n) is 6.14. The van der Waals surface area contributed by atoms with Gasteiger partial charge in [-0.15, -0.1) is 0 Å². The van der Waals surface area contributed by atoms with E-state index < -0.39 is 0 Å². The Morgan fingerprint density at radius 1 is 1.31 bits per heavy atom. The van der Waals surface area contributed by atoms with Crippen molar-refractivity contribution in [2.45, 2.75) is 50.9 Å². The molecule has 1 saturated carbocycles. The Labute approximate surface area is 171 Å². The zero-order chi connectivity index (χ0) is 19.6. The van der Waals surface area contributed by atoms with Crippen molar-refractivity contribution < 1.29 is 9.53 Å². The summed E-state index contributed by atoms with van der Waals surface area (Å²) < 4.78 is 6.59. The second-order valence-electron chi connectivity index (χ2n) is 9.65. The van der Waals surface area contributed by atoms with Crippen LogP contribution in [-0.2, 0) is 16.1 Å². The first-order valence-corrected chi connectivity index (χ1v) is 11.1. The first kappa shape index (κ1) is 17.8. The lowest BCUT2D eigenvalue weighted by Gasteiger charge is -2.29. The van der Waals surface area contributed by atoms with Gasteiger partial charge in [0.15, 0.2) is 0 Å². The average Bonchev–Trinajstić information content (AvgIpc) is 3.33. The fraction of sp³-hybridized carbons (Fsp3) is 0.583. The number of rotatable bonds is 5. The van der Waals surface area contributed by atoms with Crippen LogP contribution in [0, 0.1) is 24.7 Å². The summed E-state index contributed by atoms with van der Waals surface area (Å²) in [6, 6.07) is 8.54. The predicted octanol–water partition coefficient (Wildman–Crippen LogP) is 3.05. The molecule has 1 N–H and O–H groups in total. The smallest absolute Gasteiger partial charge is 0.223 e. The van der Waals surface area contributed by atoms with E-state index in [-0.39, 0.29) is 17.4 Å². The zero-order valence-electron chi connectivity index (χ0n) is 17.1. The molecular weight excluding hydrogens is 362 g/mol. The molecule has 1 amide bonds. The van der Waals surface area contributed by atoms with Gasteiger partial charge in [0.1, 0.15) is 0 Å². The molecule has 6 rings (SSSR count). The normalized spacial score (nSPS) is 33.3. The number of carbonyl (C=O) groups is 1. The minimum atomic E-state index is 0.0103. The molecule has 1 aromatic carbocycles. The third-order valence-electron chi connectivity index (χ3n) is 7.83. The van der Waals surface area contributed by atoms with Crippen molar-refractivity contribution in [2.75, 3.05) is 19.6 Å². The molecule has 1 spiro atoms. The predicted molar refractivity (Wildman–Crippen MR) is 111 cm³/mol. The maximum Gasteiger partial charge on any atom is 0.223 e. The van der Waals surface area contributed by atoms with Crippen LogP contribution in [0.15, 0.2) is 30.5 Å². The van der Waals surface area contributed by atoms with Crippen molar-refractivity contribution in [2.24, 2.45) is 17.8 Å². The summed E-state index contributed by atoms with van der Waals surface area (Å²) in [5.74, 6) is 1.54. The number of aryl methyl sites for hydroxylation is 1. The number of hydrogen-bond acceptors (Lipinski definition) is 4. The van der Waals surface area contributed by atoms with Crippen molar-refractivity contribution in [3.63, 3.8) is 0 Å². The van der Waals surface area contributed by atoms with Gasteiger partial charge in [-0.1, -0.05) is 12.1 Å². The molecule has 5 heteroatoms. The first-order valence-electron chi connectivity index (χ1n) is 11.1. The van der Waals surface area contributed by atoms with Gasteiger partial charge in [0, 0.05) is 55.5 Å². The van der Waals surface area contributed by atoms with E-state index in [0.717, 1.165) is 51.0 Å². The number of hydrogen-bond donors (Lipinski definition) is 1. The van der Waals surface area contributed by atoms with E-state index in [1.54, 1.807) is 0 Å². The standard InChI is InChI=1S/C24H29N3O2/c1-15-4-7-21-17(3-2-10-25-21)19(15)12-27-13-20-18(11-26-23(28)16-5-6-16)22-8-9-24(20,14-27)29-22/h2-4,7,10,16,18,20,22H,5-6,8-9,11-14H2,1H3,(H,26,28)/t18-,20+,22+,24+/m0/s1. The molecule has 0 unspecified atom stereocenters. The Hall–Kier alpha value is -1.98. The molecular formula is C24H29N3O2. The number of fused-ring (bicyclic) bond motifs is 2.